The highest BCUT2D eigenvalue weighted by Crippen LogP contribution is 2.11. The summed E-state index contributed by atoms with van der Waals surface area (Å²) in [5, 5.41) is 7.10. The smallest absolute Gasteiger partial charge is 0.166 e. The van der Waals surface area contributed by atoms with Gasteiger partial charge in [0.25, 0.3) is 0 Å². The first-order chi connectivity index (χ1) is 8.99. The number of thiocarbonyl (C=S) groups is 1. The Bertz CT molecular complexity index is 387. The zero-order valence-electron chi connectivity index (χ0n) is 12.2. The lowest BCUT2D eigenvalue weighted by Crippen LogP contribution is -2.38. The second-order valence-electron chi connectivity index (χ2n) is 4.97. The maximum Gasteiger partial charge on any atom is 0.166 e. The number of benzene rings is 1. The molecule has 0 spiro atoms. The molecule has 0 saturated carbocycles. The third kappa shape index (κ3) is 6.40. The highest BCUT2D eigenvalue weighted by molar-refractivity contribution is 7.80. The van der Waals surface area contributed by atoms with Crippen LogP contribution in [0.15, 0.2) is 24.3 Å². The van der Waals surface area contributed by atoms with Crippen molar-refractivity contribution in [3.63, 3.8) is 0 Å². The van der Waals surface area contributed by atoms with E-state index in [9.17, 15) is 0 Å². The van der Waals surface area contributed by atoms with Gasteiger partial charge in [-0.1, -0.05) is 12.1 Å². The Labute approximate surface area is 121 Å². The summed E-state index contributed by atoms with van der Waals surface area (Å²) in [5.41, 5.74) is 2.43. The second kappa shape index (κ2) is 7.96. The van der Waals surface area contributed by atoms with Gasteiger partial charge in [0.2, 0.25) is 0 Å². The maximum atomic E-state index is 5.22. The predicted molar refractivity (Wildman–Crippen MR) is 86.8 cm³/mol. The minimum absolute atomic E-state index is 0.707. The summed E-state index contributed by atoms with van der Waals surface area (Å²) in [7, 11) is 8.17. The topological polar surface area (TPSA) is 30.5 Å². The summed E-state index contributed by atoms with van der Waals surface area (Å²) in [6, 6.07) is 8.45. The van der Waals surface area contributed by atoms with Crippen LogP contribution < -0.4 is 15.5 Å². The van der Waals surface area contributed by atoms with Crippen molar-refractivity contribution in [1.82, 2.24) is 15.5 Å². The Kier molecular flexibility index (Phi) is 6.59. The average Bonchev–Trinajstić information content (AvgIpc) is 2.36. The third-order valence-electron chi connectivity index (χ3n) is 2.75. The Morgan fingerprint density at radius 1 is 1.05 bits per heavy atom. The fraction of sp³-hybridized carbons (Fsp3) is 0.500. The van der Waals surface area contributed by atoms with E-state index in [0.29, 0.717) is 5.11 Å². The van der Waals surface area contributed by atoms with Crippen molar-refractivity contribution < 1.29 is 0 Å². The molecule has 106 valence electrons. The van der Waals surface area contributed by atoms with Crippen molar-refractivity contribution in [2.75, 3.05) is 46.2 Å². The largest absolute Gasteiger partial charge is 0.378 e. The van der Waals surface area contributed by atoms with Gasteiger partial charge in [0, 0.05) is 39.4 Å². The fourth-order valence-corrected chi connectivity index (χ4v) is 1.72. The molecular weight excluding hydrogens is 256 g/mol. The minimum Gasteiger partial charge on any atom is -0.378 e. The van der Waals surface area contributed by atoms with Crippen molar-refractivity contribution in [2.24, 2.45) is 0 Å². The highest BCUT2D eigenvalue weighted by Gasteiger charge is 1.98. The van der Waals surface area contributed by atoms with Gasteiger partial charge in [0.15, 0.2) is 5.11 Å². The van der Waals surface area contributed by atoms with Crippen molar-refractivity contribution in [3.8, 4) is 0 Å². The summed E-state index contributed by atoms with van der Waals surface area (Å²) in [6.45, 7) is 2.58. The van der Waals surface area contributed by atoms with Gasteiger partial charge < -0.3 is 20.4 Å². The van der Waals surface area contributed by atoms with E-state index in [1.54, 1.807) is 0 Å². The number of nitrogens with zero attached hydrogens (tertiary/aromatic N) is 2. The Morgan fingerprint density at radius 2 is 1.68 bits per heavy atom. The van der Waals surface area contributed by atoms with Gasteiger partial charge >= 0.3 is 0 Å². The lowest BCUT2D eigenvalue weighted by Gasteiger charge is -2.15. The molecule has 0 atom stereocenters. The Morgan fingerprint density at radius 3 is 2.21 bits per heavy atom. The lowest BCUT2D eigenvalue weighted by atomic mass is 10.2. The van der Waals surface area contributed by atoms with Crippen LogP contribution in [0.1, 0.15) is 5.56 Å². The minimum atomic E-state index is 0.707. The van der Waals surface area contributed by atoms with E-state index in [4.69, 9.17) is 12.2 Å². The first-order valence-electron chi connectivity index (χ1n) is 6.41. The molecule has 0 aromatic heterocycles. The van der Waals surface area contributed by atoms with Crippen molar-refractivity contribution in [2.45, 2.75) is 6.54 Å². The molecule has 19 heavy (non-hydrogen) atoms. The summed E-state index contributed by atoms with van der Waals surface area (Å²) in [5.74, 6) is 0. The van der Waals surface area contributed by atoms with E-state index < -0.39 is 0 Å². The standard InChI is InChI=1S/C14H24N4S/c1-17(2)10-9-15-14(19)16-11-12-5-7-13(8-6-12)18(3)4/h5-8H,9-11H2,1-4H3,(H2,15,16,19). The van der Waals surface area contributed by atoms with Crippen LogP contribution in [-0.2, 0) is 6.54 Å². The van der Waals surface area contributed by atoms with E-state index in [0.717, 1.165) is 19.6 Å². The summed E-state index contributed by atoms with van der Waals surface area (Å²) >= 11 is 5.22. The van der Waals surface area contributed by atoms with E-state index in [1.807, 2.05) is 28.2 Å². The average molecular weight is 280 g/mol. The molecule has 0 fully saturated rings. The molecule has 0 aliphatic rings. The van der Waals surface area contributed by atoms with Crippen LogP contribution in [0.2, 0.25) is 0 Å². The van der Waals surface area contributed by atoms with Gasteiger partial charge in [-0.2, -0.15) is 0 Å². The monoisotopic (exact) mass is 280 g/mol. The zero-order valence-corrected chi connectivity index (χ0v) is 13.0. The molecule has 1 rings (SSSR count). The summed E-state index contributed by atoms with van der Waals surface area (Å²) in [6.07, 6.45) is 0. The van der Waals surface area contributed by atoms with Gasteiger partial charge in [-0.3, -0.25) is 0 Å². The van der Waals surface area contributed by atoms with Crippen molar-refractivity contribution >= 4 is 23.0 Å². The molecule has 4 nitrogen and oxygen atoms in total. The van der Waals surface area contributed by atoms with Crippen LogP contribution in [-0.4, -0.2) is 51.3 Å². The molecule has 1 aromatic rings. The van der Waals surface area contributed by atoms with Crippen LogP contribution in [0.25, 0.3) is 0 Å². The van der Waals surface area contributed by atoms with E-state index >= 15 is 0 Å². The van der Waals surface area contributed by atoms with Gasteiger partial charge in [-0.15, -0.1) is 0 Å². The van der Waals surface area contributed by atoms with Gasteiger partial charge in [0.05, 0.1) is 0 Å². The van der Waals surface area contributed by atoms with Gasteiger partial charge in [-0.25, -0.2) is 0 Å². The number of hydrogen-bond acceptors (Lipinski definition) is 3. The number of anilines is 1. The van der Waals surface area contributed by atoms with Crippen LogP contribution in [0.4, 0.5) is 5.69 Å². The molecule has 1 aromatic carbocycles. The van der Waals surface area contributed by atoms with Gasteiger partial charge in [0.1, 0.15) is 0 Å². The first kappa shape index (κ1) is 15.7. The predicted octanol–water partition coefficient (Wildman–Crippen LogP) is 1.28. The maximum absolute atomic E-state index is 5.22. The zero-order chi connectivity index (χ0) is 14.3. The molecule has 0 bridgehead atoms. The first-order valence-corrected chi connectivity index (χ1v) is 6.82. The van der Waals surface area contributed by atoms with Crippen molar-refractivity contribution in [1.29, 1.82) is 0 Å². The van der Waals surface area contributed by atoms with Crippen LogP contribution in [0, 0.1) is 0 Å². The molecule has 0 aliphatic carbocycles. The molecule has 0 heterocycles. The number of likely N-dealkylation sites (N-methyl/N-ethyl adjacent to an activating group) is 1. The Hall–Kier alpha value is -1.33. The number of hydrogen-bond donors (Lipinski definition) is 2. The third-order valence-corrected chi connectivity index (χ3v) is 3.04. The molecule has 2 N–H and O–H groups in total. The quantitative estimate of drug-likeness (QED) is 0.767. The molecule has 0 amide bonds. The molecular formula is C14H24N4S. The summed E-state index contributed by atoms with van der Waals surface area (Å²) in [4.78, 5) is 4.21. The molecule has 0 saturated heterocycles. The lowest BCUT2D eigenvalue weighted by molar-refractivity contribution is 0.412. The van der Waals surface area contributed by atoms with Crippen LogP contribution >= 0.6 is 12.2 Å². The fourth-order valence-electron chi connectivity index (χ4n) is 1.55. The van der Waals surface area contributed by atoms with Crippen LogP contribution in [0.3, 0.4) is 0 Å². The highest BCUT2D eigenvalue weighted by atomic mass is 32.1. The number of nitrogens with one attached hydrogen (secondary N) is 2. The second-order valence-corrected chi connectivity index (χ2v) is 5.38. The van der Waals surface area contributed by atoms with E-state index in [2.05, 4.69) is 44.7 Å². The molecule has 5 heteroatoms. The van der Waals surface area contributed by atoms with Crippen molar-refractivity contribution in [3.05, 3.63) is 29.8 Å². The Balaban J connectivity index is 2.30. The summed E-state index contributed by atoms with van der Waals surface area (Å²) < 4.78 is 0. The SMILES string of the molecule is CN(C)CCNC(=S)NCc1ccc(N(C)C)cc1. The van der Waals surface area contributed by atoms with Crippen LogP contribution in [0.5, 0.6) is 0 Å². The normalized spacial score (nSPS) is 10.4. The molecule has 0 radical (unpaired) electrons. The van der Waals surface area contributed by atoms with Gasteiger partial charge in [-0.05, 0) is 44.0 Å². The molecule has 0 aliphatic heterocycles. The van der Waals surface area contributed by atoms with E-state index in [1.165, 1.54) is 11.3 Å². The molecule has 0 unspecified atom stereocenters. The number of rotatable bonds is 6. The van der Waals surface area contributed by atoms with E-state index in [-0.39, 0.29) is 0 Å².